The van der Waals surface area contributed by atoms with Gasteiger partial charge in [0.2, 0.25) is 19.5 Å². The van der Waals surface area contributed by atoms with Gasteiger partial charge in [0.15, 0.2) is 0 Å². The van der Waals surface area contributed by atoms with Gasteiger partial charge in [-0.3, -0.25) is 14.4 Å². The Hall–Kier alpha value is -3.26. The number of carbonyl (C=O) groups excluding carboxylic acids is 6. The Balaban J connectivity index is 2.80. The van der Waals surface area contributed by atoms with Gasteiger partial charge in [0.05, 0.1) is 15.6 Å². The minimum Gasteiger partial charge on any atom is -0.427 e. The highest BCUT2D eigenvalue weighted by Crippen LogP contribution is 2.27. The number of thioether (sulfide) groups is 2. The van der Waals surface area contributed by atoms with Crippen molar-refractivity contribution in [2.75, 3.05) is 19.3 Å². The van der Waals surface area contributed by atoms with Crippen molar-refractivity contribution in [2.45, 2.75) is 66.2 Å². The summed E-state index contributed by atoms with van der Waals surface area (Å²) in [6, 6.07) is 6.74. The molecular weight excluding hydrogens is 578 g/mol. The number of ether oxygens (including phenoxy) is 5. The minimum absolute atomic E-state index is 0.209. The van der Waals surface area contributed by atoms with Crippen LogP contribution in [0.15, 0.2) is 30.3 Å². The van der Waals surface area contributed by atoms with Gasteiger partial charge in [-0.2, -0.15) is 0 Å². The van der Waals surface area contributed by atoms with Gasteiger partial charge >= 0.3 is 28.5 Å². The molecule has 0 bridgehead atoms. The van der Waals surface area contributed by atoms with Crippen molar-refractivity contribution in [1.82, 2.24) is 5.32 Å². The molecule has 228 valence electrons. The van der Waals surface area contributed by atoms with Crippen LogP contribution in [0, 0.1) is 10.8 Å². The maximum Gasteiger partial charge on any atom is 0.371 e. The van der Waals surface area contributed by atoms with Crippen molar-refractivity contribution < 1.29 is 52.5 Å². The third-order valence-electron chi connectivity index (χ3n) is 4.76. The number of para-hydroxylation sites is 1. The van der Waals surface area contributed by atoms with Gasteiger partial charge in [-0.1, -0.05) is 18.2 Å². The number of hydrogen-bond donors (Lipinski definition) is 1. The maximum absolute atomic E-state index is 13.1. The Morgan fingerprint density at radius 2 is 1.22 bits per heavy atom. The van der Waals surface area contributed by atoms with E-state index in [1.165, 1.54) is 26.0 Å². The Morgan fingerprint density at radius 1 is 0.732 bits per heavy atom. The van der Waals surface area contributed by atoms with E-state index >= 15 is 0 Å². The van der Waals surface area contributed by atoms with E-state index in [1.54, 1.807) is 59.7 Å². The van der Waals surface area contributed by atoms with E-state index in [0.717, 1.165) is 0 Å². The molecule has 14 heteroatoms. The van der Waals surface area contributed by atoms with E-state index in [-0.39, 0.29) is 11.5 Å². The van der Waals surface area contributed by atoms with Crippen molar-refractivity contribution in [3.05, 3.63) is 30.3 Å². The first kappa shape index (κ1) is 35.8. The lowest BCUT2D eigenvalue weighted by Gasteiger charge is -2.25. The summed E-state index contributed by atoms with van der Waals surface area (Å²) in [6.45, 7) is 11.4. The van der Waals surface area contributed by atoms with Crippen LogP contribution in [0.3, 0.4) is 0 Å². The fraction of sp³-hybridized carbons (Fsp3) is 0.556. The number of esters is 3. The molecule has 0 aromatic heterocycles. The molecule has 12 nitrogen and oxygen atoms in total. The summed E-state index contributed by atoms with van der Waals surface area (Å²) in [5.74, 6) is -2.85. The smallest absolute Gasteiger partial charge is 0.371 e. The van der Waals surface area contributed by atoms with Crippen LogP contribution in [0.2, 0.25) is 0 Å². The average molecular weight is 616 g/mol. The van der Waals surface area contributed by atoms with Crippen LogP contribution >= 0.6 is 23.5 Å². The second-order valence-corrected chi connectivity index (χ2v) is 13.6. The van der Waals surface area contributed by atoms with Crippen LogP contribution in [-0.2, 0) is 38.1 Å². The summed E-state index contributed by atoms with van der Waals surface area (Å²) in [6.07, 6.45) is 0. The molecule has 0 unspecified atom stereocenters. The Labute approximate surface area is 247 Å². The van der Waals surface area contributed by atoms with Crippen LogP contribution in [0.25, 0.3) is 0 Å². The predicted molar refractivity (Wildman–Crippen MR) is 152 cm³/mol. The van der Waals surface area contributed by atoms with Crippen LogP contribution in [-0.4, -0.2) is 64.5 Å². The lowest BCUT2D eigenvalue weighted by Crippen LogP contribution is -2.51. The molecule has 1 aromatic carbocycles. The molecule has 0 radical (unpaired) electrons. The number of amides is 1. The maximum atomic E-state index is 13.1. The number of rotatable bonds is 11. The number of carbonyl (C=O) groups is 6. The van der Waals surface area contributed by atoms with E-state index in [9.17, 15) is 28.8 Å². The monoisotopic (exact) mass is 615 g/mol. The summed E-state index contributed by atoms with van der Waals surface area (Å²) in [7, 11) is 0. The molecule has 0 heterocycles. The summed E-state index contributed by atoms with van der Waals surface area (Å²) >= 11 is 1.05. The molecule has 0 saturated heterocycles. The van der Waals surface area contributed by atoms with Gasteiger partial charge < -0.3 is 29.0 Å². The molecule has 0 spiro atoms. The SMILES string of the molecule is CC(C)(C)C(=O)OCOC(=O)SC[C@H](NC(=O)C(C)(C)SC(=O)OCOC(=O)C(C)(C)C)C(=O)Oc1ccccc1. The Bertz CT molecular complexity index is 1090. The second kappa shape index (κ2) is 15.7. The largest absolute Gasteiger partial charge is 0.427 e. The molecular formula is C27H37NO11S2. The van der Waals surface area contributed by atoms with Gasteiger partial charge in [-0.15, -0.1) is 0 Å². The first-order chi connectivity index (χ1) is 18.8. The Kier molecular flexibility index (Phi) is 13.7. The molecule has 41 heavy (non-hydrogen) atoms. The quantitative estimate of drug-likeness (QED) is 0.208. The standard InChI is InChI=1S/C27H37NO11S2/c1-25(2,3)21(31)35-15-37-23(33)40-14-18(19(29)39-17-12-10-9-11-13-17)28-20(30)27(7,8)41-24(34)38-16-36-22(32)26(4,5)6/h9-13,18H,14-16H2,1-8H3,(H,28,30)/t18-/m0/s1. The molecule has 1 N–H and O–H groups in total. The Morgan fingerprint density at radius 3 is 1.71 bits per heavy atom. The summed E-state index contributed by atoms with van der Waals surface area (Å²) in [5.41, 5.74) is -1.58. The zero-order valence-corrected chi connectivity index (χ0v) is 26.0. The van der Waals surface area contributed by atoms with Crippen LogP contribution in [0.4, 0.5) is 9.59 Å². The third-order valence-corrected chi connectivity index (χ3v) is 6.60. The van der Waals surface area contributed by atoms with Gasteiger partial charge in [0, 0.05) is 5.75 Å². The van der Waals surface area contributed by atoms with E-state index in [0.29, 0.717) is 23.5 Å². The average Bonchev–Trinajstić information content (AvgIpc) is 2.85. The second-order valence-electron chi connectivity index (χ2n) is 11.1. The molecule has 1 aromatic rings. The van der Waals surface area contributed by atoms with Crippen molar-refractivity contribution in [2.24, 2.45) is 10.8 Å². The minimum atomic E-state index is -1.44. The lowest BCUT2D eigenvalue weighted by atomic mass is 9.97. The lowest BCUT2D eigenvalue weighted by molar-refractivity contribution is -0.161. The van der Waals surface area contributed by atoms with Crippen molar-refractivity contribution >= 4 is 57.9 Å². The fourth-order valence-corrected chi connectivity index (χ4v) is 3.68. The number of benzene rings is 1. The van der Waals surface area contributed by atoms with Crippen LogP contribution in [0.1, 0.15) is 55.4 Å². The van der Waals surface area contributed by atoms with Gasteiger partial charge in [-0.05, 0) is 91.0 Å². The first-order valence-corrected chi connectivity index (χ1v) is 14.2. The molecule has 0 fully saturated rings. The first-order valence-electron chi connectivity index (χ1n) is 12.4. The van der Waals surface area contributed by atoms with E-state index in [4.69, 9.17) is 23.7 Å². The van der Waals surface area contributed by atoms with Gasteiger partial charge in [-0.25, -0.2) is 14.4 Å². The van der Waals surface area contributed by atoms with Gasteiger partial charge in [0.1, 0.15) is 11.8 Å². The molecule has 0 saturated carbocycles. The highest BCUT2D eigenvalue weighted by Gasteiger charge is 2.36. The molecule has 1 atom stereocenters. The normalized spacial score (nSPS) is 12.4. The molecule has 0 aliphatic heterocycles. The van der Waals surface area contributed by atoms with Crippen LogP contribution in [0.5, 0.6) is 5.75 Å². The number of hydrogen-bond acceptors (Lipinski definition) is 13. The zero-order valence-electron chi connectivity index (χ0n) is 24.4. The van der Waals surface area contributed by atoms with E-state index in [1.807, 2.05) is 0 Å². The fourth-order valence-electron chi connectivity index (χ4n) is 2.35. The topological polar surface area (TPSA) is 161 Å². The predicted octanol–water partition coefficient (Wildman–Crippen LogP) is 4.69. The van der Waals surface area contributed by atoms with Crippen molar-refractivity contribution in [1.29, 1.82) is 0 Å². The van der Waals surface area contributed by atoms with E-state index < -0.39 is 69.6 Å². The van der Waals surface area contributed by atoms with Crippen LogP contribution < -0.4 is 10.1 Å². The summed E-state index contributed by atoms with van der Waals surface area (Å²) in [4.78, 5) is 74.0. The highest BCUT2D eigenvalue weighted by atomic mass is 32.2. The highest BCUT2D eigenvalue weighted by molar-refractivity contribution is 8.15. The molecule has 0 aliphatic rings. The summed E-state index contributed by atoms with van der Waals surface area (Å²) < 4.78 is 23.4. The molecule has 0 aliphatic carbocycles. The van der Waals surface area contributed by atoms with E-state index in [2.05, 4.69) is 5.32 Å². The van der Waals surface area contributed by atoms with Crippen molar-refractivity contribution in [3.8, 4) is 5.75 Å². The zero-order chi connectivity index (χ0) is 31.4. The third kappa shape index (κ3) is 13.8. The number of nitrogens with one attached hydrogen (secondary N) is 1. The van der Waals surface area contributed by atoms with Crippen molar-refractivity contribution in [3.63, 3.8) is 0 Å². The van der Waals surface area contributed by atoms with Gasteiger partial charge in [0.25, 0.3) is 0 Å². The summed E-state index contributed by atoms with van der Waals surface area (Å²) in [5, 5.41) is 0.734. The molecule has 1 rings (SSSR count). The molecule has 1 amide bonds.